The number of piperidine rings is 1. The quantitative estimate of drug-likeness (QED) is 0.729. The number of amides is 1. The zero-order valence-electron chi connectivity index (χ0n) is 13.5. The van der Waals surface area contributed by atoms with Gasteiger partial charge in [-0.1, -0.05) is 19.8 Å². The zero-order valence-corrected chi connectivity index (χ0v) is 13.5. The molecule has 2 unspecified atom stereocenters. The lowest BCUT2D eigenvalue weighted by atomic mass is 9.88. The van der Waals surface area contributed by atoms with Crippen molar-refractivity contribution < 1.29 is 14.3 Å². The fourth-order valence-corrected chi connectivity index (χ4v) is 3.42. The lowest BCUT2D eigenvalue weighted by Crippen LogP contribution is -2.54. The Morgan fingerprint density at radius 1 is 1.29 bits per heavy atom. The van der Waals surface area contributed by atoms with Gasteiger partial charge < -0.3 is 20.1 Å². The second kappa shape index (κ2) is 8.11. The summed E-state index contributed by atoms with van der Waals surface area (Å²) in [5.41, 5.74) is -0.649. The van der Waals surface area contributed by atoms with Crippen LogP contribution in [0.5, 0.6) is 0 Å². The van der Waals surface area contributed by atoms with Crippen LogP contribution in [-0.4, -0.2) is 51.0 Å². The monoisotopic (exact) mass is 298 g/mol. The van der Waals surface area contributed by atoms with Crippen LogP contribution < -0.4 is 10.6 Å². The van der Waals surface area contributed by atoms with Crippen molar-refractivity contribution in [2.24, 2.45) is 5.92 Å². The van der Waals surface area contributed by atoms with Gasteiger partial charge in [-0.3, -0.25) is 4.79 Å². The minimum absolute atomic E-state index is 0.00629. The molecule has 0 aromatic heterocycles. The van der Waals surface area contributed by atoms with Gasteiger partial charge in [-0.25, -0.2) is 0 Å². The van der Waals surface area contributed by atoms with Crippen LogP contribution in [0.3, 0.4) is 0 Å². The van der Waals surface area contributed by atoms with E-state index in [-0.39, 0.29) is 5.91 Å². The Kier molecular flexibility index (Phi) is 6.45. The topological polar surface area (TPSA) is 59.6 Å². The molecule has 0 aromatic rings. The Hall–Kier alpha value is -0.650. The highest BCUT2D eigenvalue weighted by Gasteiger charge is 2.39. The summed E-state index contributed by atoms with van der Waals surface area (Å²) in [6.07, 6.45) is 6.83. The number of hydrogen-bond acceptors (Lipinski definition) is 4. The maximum Gasteiger partial charge on any atom is 0.252 e. The highest BCUT2D eigenvalue weighted by atomic mass is 16.5. The molecule has 1 saturated carbocycles. The van der Waals surface area contributed by atoms with Gasteiger partial charge >= 0.3 is 0 Å². The third kappa shape index (κ3) is 4.41. The molecule has 2 aliphatic rings. The molecule has 0 bridgehead atoms. The summed E-state index contributed by atoms with van der Waals surface area (Å²) in [7, 11) is 1.63. The molecule has 0 radical (unpaired) electrons. The lowest BCUT2D eigenvalue weighted by molar-refractivity contribution is -0.147. The van der Waals surface area contributed by atoms with Crippen molar-refractivity contribution >= 4 is 5.91 Å². The largest absolute Gasteiger partial charge is 0.376 e. The summed E-state index contributed by atoms with van der Waals surface area (Å²) < 4.78 is 11.4. The molecule has 21 heavy (non-hydrogen) atoms. The van der Waals surface area contributed by atoms with Crippen molar-refractivity contribution in [2.75, 3.05) is 33.4 Å². The standard InChI is InChI=1S/C16H30N2O3/c1-13-5-3-4-6-14(13)21-12-11-18-15(19)16(20-2)7-9-17-10-8-16/h13-14,17H,3-12H2,1-2H3,(H,18,19). The highest BCUT2D eigenvalue weighted by molar-refractivity contribution is 5.85. The van der Waals surface area contributed by atoms with Crippen molar-refractivity contribution in [2.45, 2.75) is 57.2 Å². The van der Waals surface area contributed by atoms with E-state index in [2.05, 4.69) is 17.6 Å². The van der Waals surface area contributed by atoms with Crippen LogP contribution in [0.2, 0.25) is 0 Å². The Balaban J connectivity index is 1.68. The van der Waals surface area contributed by atoms with Crippen LogP contribution in [-0.2, 0) is 14.3 Å². The van der Waals surface area contributed by atoms with Crippen molar-refractivity contribution in [3.8, 4) is 0 Å². The Morgan fingerprint density at radius 3 is 2.67 bits per heavy atom. The second-order valence-corrected chi connectivity index (χ2v) is 6.38. The number of nitrogens with one attached hydrogen (secondary N) is 2. The Bertz CT molecular complexity index is 329. The predicted octanol–water partition coefficient (Wildman–Crippen LogP) is 1.47. The Morgan fingerprint density at radius 2 is 2.00 bits per heavy atom. The summed E-state index contributed by atoms with van der Waals surface area (Å²) in [6, 6.07) is 0. The summed E-state index contributed by atoms with van der Waals surface area (Å²) >= 11 is 0. The predicted molar refractivity (Wildman–Crippen MR) is 82.2 cm³/mol. The van der Waals surface area contributed by atoms with Gasteiger partial charge in [0.05, 0.1) is 12.7 Å². The SMILES string of the molecule is COC1(C(=O)NCCOC2CCCCC2C)CCNCC1. The summed E-state index contributed by atoms with van der Waals surface area (Å²) in [6.45, 7) is 5.09. The molecule has 1 saturated heterocycles. The van der Waals surface area contributed by atoms with Gasteiger partial charge in [0.15, 0.2) is 0 Å². The lowest BCUT2D eigenvalue weighted by Gasteiger charge is -2.35. The fourth-order valence-electron chi connectivity index (χ4n) is 3.42. The molecule has 2 N–H and O–H groups in total. The molecular formula is C16H30N2O3. The van der Waals surface area contributed by atoms with Crippen molar-refractivity contribution in [1.82, 2.24) is 10.6 Å². The average Bonchev–Trinajstić information content (AvgIpc) is 2.53. The maximum absolute atomic E-state index is 12.3. The first-order valence-corrected chi connectivity index (χ1v) is 8.34. The van der Waals surface area contributed by atoms with E-state index in [9.17, 15) is 4.79 Å². The van der Waals surface area contributed by atoms with Crippen molar-refractivity contribution in [3.05, 3.63) is 0 Å². The van der Waals surface area contributed by atoms with Gasteiger partial charge in [0.2, 0.25) is 0 Å². The number of hydrogen-bond donors (Lipinski definition) is 2. The molecule has 0 spiro atoms. The smallest absolute Gasteiger partial charge is 0.252 e. The van der Waals surface area contributed by atoms with Gasteiger partial charge in [0, 0.05) is 13.7 Å². The van der Waals surface area contributed by atoms with Gasteiger partial charge in [0.1, 0.15) is 5.60 Å². The van der Waals surface area contributed by atoms with Crippen LogP contribution in [0, 0.1) is 5.92 Å². The zero-order chi connectivity index (χ0) is 15.1. The van der Waals surface area contributed by atoms with Crippen LogP contribution >= 0.6 is 0 Å². The average molecular weight is 298 g/mol. The molecule has 1 aliphatic carbocycles. The summed E-state index contributed by atoms with van der Waals surface area (Å²) in [5.74, 6) is 0.649. The molecule has 1 aliphatic heterocycles. The molecule has 0 aromatic carbocycles. The normalized spacial score (nSPS) is 29.0. The first kappa shape index (κ1) is 16.7. The molecule has 1 heterocycles. The molecule has 2 atom stereocenters. The Labute approximate surface area is 128 Å². The van der Waals surface area contributed by atoms with Crippen LogP contribution in [0.25, 0.3) is 0 Å². The van der Waals surface area contributed by atoms with E-state index in [1.54, 1.807) is 7.11 Å². The summed E-state index contributed by atoms with van der Waals surface area (Å²) in [4.78, 5) is 12.3. The van der Waals surface area contributed by atoms with Crippen LogP contribution in [0.15, 0.2) is 0 Å². The number of methoxy groups -OCH3 is 1. The highest BCUT2D eigenvalue weighted by Crippen LogP contribution is 2.26. The van der Waals surface area contributed by atoms with E-state index in [1.165, 1.54) is 19.3 Å². The number of ether oxygens (including phenoxy) is 2. The van der Waals surface area contributed by atoms with E-state index in [0.29, 0.717) is 25.2 Å². The maximum atomic E-state index is 12.3. The van der Waals surface area contributed by atoms with E-state index in [1.807, 2.05) is 0 Å². The number of carbonyl (C=O) groups excluding carboxylic acids is 1. The third-order valence-electron chi connectivity index (χ3n) is 4.97. The van der Waals surface area contributed by atoms with Crippen LogP contribution in [0.4, 0.5) is 0 Å². The molecular weight excluding hydrogens is 268 g/mol. The van der Waals surface area contributed by atoms with E-state index in [4.69, 9.17) is 9.47 Å². The first-order valence-electron chi connectivity index (χ1n) is 8.34. The molecule has 5 heteroatoms. The number of rotatable bonds is 6. The van der Waals surface area contributed by atoms with Crippen LogP contribution in [0.1, 0.15) is 45.4 Å². The molecule has 2 rings (SSSR count). The molecule has 5 nitrogen and oxygen atoms in total. The molecule has 2 fully saturated rings. The first-order chi connectivity index (χ1) is 10.2. The third-order valence-corrected chi connectivity index (χ3v) is 4.97. The van der Waals surface area contributed by atoms with Crippen molar-refractivity contribution in [1.29, 1.82) is 0 Å². The van der Waals surface area contributed by atoms with Gasteiger partial charge in [-0.2, -0.15) is 0 Å². The van der Waals surface area contributed by atoms with Crippen molar-refractivity contribution in [3.63, 3.8) is 0 Å². The van der Waals surface area contributed by atoms with E-state index >= 15 is 0 Å². The minimum atomic E-state index is -0.649. The molecule has 122 valence electrons. The number of carbonyl (C=O) groups is 1. The van der Waals surface area contributed by atoms with E-state index in [0.717, 1.165) is 32.4 Å². The van der Waals surface area contributed by atoms with Gasteiger partial charge in [0.25, 0.3) is 5.91 Å². The molecule has 1 amide bonds. The fraction of sp³-hybridized carbons (Fsp3) is 0.938. The summed E-state index contributed by atoms with van der Waals surface area (Å²) in [5, 5.41) is 6.24. The minimum Gasteiger partial charge on any atom is -0.376 e. The van der Waals surface area contributed by atoms with Gasteiger partial charge in [-0.15, -0.1) is 0 Å². The van der Waals surface area contributed by atoms with Gasteiger partial charge in [-0.05, 0) is 44.7 Å². The second-order valence-electron chi connectivity index (χ2n) is 6.38. The van der Waals surface area contributed by atoms with E-state index < -0.39 is 5.60 Å².